The largest absolute Gasteiger partial charge is 0.397 e. The van der Waals surface area contributed by atoms with E-state index in [9.17, 15) is 4.79 Å². The molecule has 0 atom stereocenters. The number of hydrogen-bond acceptors (Lipinski definition) is 3. The Bertz CT molecular complexity index is 523. The van der Waals surface area contributed by atoms with Crippen LogP contribution in [-0.2, 0) is 11.2 Å². The Balaban J connectivity index is 1.74. The molecule has 2 rings (SSSR count). The Labute approximate surface area is 112 Å². The lowest BCUT2D eigenvalue weighted by Crippen LogP contribution is -2.12. The normalized spacial score (nSPS) is 10.1. The summed E-state index contributed by atoms with van der Waals surface area (Å²) < 4.78 is 0. The summed E-state index contributed by atoms with van der Waals surface area (Å²) in [6, 6.07) is 13.6. The average Bonchev–Trinajstić information content (AvgIpc) is 2.43. The Morgan fingerprint density at radius 2 is 1.95 bits per heavy atom. The van der Waals surface area contributed by atoms with Gasteiger partial charge in [0.15, 0.2) is 0 Å². The summed E-state index contributed by atoms with van der Waals surface area (Å²) >= 11 is 0. The van der Waals surface area contributed by atoms with Gasteiger partial charge in [0.05, 0.1) is 11.9 Å². The molecule has 1 aromatic heterocycles. The van der Waals surface area contributed by atoms with Crippen LogP contribution in [0.5, 0.6) is 0 Å². The second kappa shape index (κ2) is 6.54. The number of aryl methyl sites for hydroxylation is 1. The van der Waals surface area contributed by atoms with Crippen LogP contribution in [-0.4, -0.2) is 10.9 Å². The molecule has 0 aliphatic carbocycles. The lowest BCUT2D eigenvalue weighted by molar-refractivity contribution is -0.116. The molecule has 3 N–H and O–H groups in total. The first-order valence-corrected chi connectivity index (χ1v) is 6.29. The van der Waals surface area contributed by atoms with Gasteiger partial charge in [-0.25, -0.2) is 4.98 Å². The lowest BCUT2D eigenvalue weighted by Gasteiger charge is -2.04. The fourth-order valence-corrected chi connectivity index (χ4v) is 1.78. The Morgan fingerprint density at radius 3 is 2.63 bits per heavy atom. The van der Waals surface area contributed by atoms with Crippen molar-refractivity contribution in [3.05, 3.63) is 54.2 Å². The Hall–Kier alpha value is -2.36. The first-order valence-electron chi connectivity index (χ1n) is 6.29. The second-order valence-electron chi connectivity index (χ2n) is 4.36. The van der Waals surface area contributed by atoms with Gasteiger partial charge >= 0.3 is 0 Å². The number of nitrogens with one attached hydrogen (secondary N) is 1. The van der Waals surface area contributed by atoms with Gasteiger partial charge < -0.3 is 11.1 Å². The highest BCUT2D eigenvalue weighted by Gasteiger charge is 2.03. The number of benzene rings is 1. The molecule has 0 spiro atoms. The molecule has 4 nitrogen and oxygen atoms in total. The van der Waals surface area contributed by atoms with E-state index in [0.717, 1.165) is 12.8 Å². The standard InChI is InChI=1S/C15H17N3O/c16-13-9-10-14(17-11-13)18-15(19)8-4-7-12-5-2-1-3-6-12/h1-3,5-6,9-11H,4,7-8,16H2,(H,17,18,19). The van der Waals surface area contributed by atoms with Crippen molar-refractivity contribution in [2.45, 2.75) is 19.3 Å². The van der Waals surface area contributed by atoms with Crippen molar-refractivity contribution in [2.24, 2.45) is 0 Å². The maximum atomic E-state index is 11.7. The van der Waals surface area contributed by atoms with E-state index in [4.69, 9.17) is 5.73 Å². The number of carbonyl (C=O) groups excluding carboxylic acids is 1. The van der Waals surface area contributed by atoms with Crippen LogP contribution in [0, 0.1) is 0 Å². The van der Waals surface area contributed by atoms with Gasteiger partial charge in [-0.1, -0.05) is 30.3 Å². The highest BCUT2D eigenvalue weighted by Crippen LogP contribution is 2.08. The summed E-state index contributed by atoms with van der Waals surface area (Å²) in [5.41, 5.74) is 7.36. The summed E-state index contributed by atoms with van der Waals surface area (Å²) in [6.45, 7) is 0. The molecule has 19 heavy (non-hydrogen) atoms. The minimum atomic E-state index is -0.0202. The smallest absolute Gasteiger partial charge is 0.225 e. The zero-order valence-electron chi connectivity index (χ0n) is 10.7. The Morgan fingerprint density at radius 1 is 1.16 bits per heavy atom. The maximum absolute atomic E-state index is 11.7. The van der Waals surface area contributed by atoms with Gasteiger partial charge in [0, 0.05) is 6.42 Å². The van der Waals surface area contributed by atoms with Gasteiger partial charge in [0.2, 0.25) is 5.91 Å². The van der Waals surface area contributed by atoms with Crippen molar-refractivity contribution in [2.75, 3.05) is 11.1 Å². The summed E-state index contributed by atoms with van der Waals surface area (Å²) in [5.74, 6) is 0.520. The van der Waals surface area contributed by atoms with Crippen LogP contribution in [0.4, 0.5) is 11.5 Å². The van der Waals surface area contributed by atoms with Crippen LogP contribution in [0.1, 0.15) is 18.4 Å². The van der Waals surface area contributed by atoms with Gasteiger partial charge in [0.1, 0.15) is 5.82 Å². The average molecular weight is 255 g/mol. The number of aromatic nitrogens is 1. The van der Waals surface area contributed by atoms with Gasteiger partial charge in [-0.2, -0.15) is 0 Å². The number of anilines is 2. The highest BCUT2D eigenvalue weighted by atomic mass is 16.1. The molecule has 2 aromatic rings. The molecule has 0 aliphatic heterocycles. The summed E-state index contributed by atoms with van der Waals surface area (Å²) in [4.78, 5) is 15.7. The number of pyridine rings is 1. The zero-order valence-corrected chi connectivity index (χ0v) is 10.7. The molecule has 0 unspecified atom stereocenters. The Kier molecular flexibility index (Phi) is 4.50. The fourth-order valence-electron chi connectivity index (χ4n) is 1.78. The van der Waals surface area contributed by atoms with Crippen LogP contribution in [0.3, 0.4) is 0 Å². The van der Waals surface area contributed by atoms with Crippen molar-refractivity contribution in [3.8, 4) is 0 Å². The van der Waals surface area contributed by atoms with E-state index in [1.165, 1.54) is 11.8 Å². The van der Waals surface area contributed by atoms with E-state index < -0.39 is 0 Å². The third-order valence-electron chi connectivity index (χ3n) is 2.77. The van der Waals surface area contributed by atoms with Crippen molar-refractivity contribution in [3.63, 3.8) is 0 Å². The number of nitrogens with zero attached hydrogens (tertiary/aromatic N) is 1. The van der Waals surface area contributed by atoms with E-state index in [2.05, 4.69) is 22.4 Å². The number of nitrogens with two attached hydrogens (primary N) is 1. The molecular weight excluding hydrogens is 238 g/mol. The molecule has 0 bridgehead atoms. The summed E-state index contributed by atoms with van der Waals surface area (Å²) in [6.07, 6.45) is 3.74. The summed E-state index contributed by atoms with van der Waals surface area (Å²) in [5, 5.41) is 2.75. The molecule has 1 aromatic carbocycles. The monoisotopic (exact) mass is 255 g/mol. The molecule has 4 heteroatoms. The van der Waals surface area contributed by atoms with Gasteiger partial charge in [-0.05, 0) is 30.5 Å². The van der Waals surface area contributed by atoms with Crippen LogP contribution >= 0.6 is 0 Å². The first kappa shape index (κ1) is 13.1. The van der Waals surface area contributed by atoms with E-state index in [1.807, 2.05) is 18.2 Å². The van der Waals surface area contributed by atoms with Crippen molar-refractivity contribution >= 4 is 17.4 Å². The quantitative estimate of drug-likeness (QED) is 0.863. The van der Waals surface area contributed by atoms with Crippen LogP contribution < -0.4 is 11.1 Å². The topological polar surface area (TPSA) is 68.0 Å². The maximum Gasteiger partial charge on any atom is 0.225 e. The van der Waals surface area contributed by atoms with Gasteiger partial charge in [-0.15, -0.1) is 0 Å². The molecule has 1 amide bonds. The molecular formula is C15H17N3O. The molecule has 0 saturated carbocycles. The zero-order chi connectivity index (χ0) is 13.5. The van der Waals surface area contributed by atoms with E-state index in [-0.39, 0.29) is 5.91 Å². The number of rotatable bonds is 5. The van der Waals surface area contributed by atoms with Crippen LogP contribution in [0.25, 0.3) is 0 Å². The highest BCUT2D eigenvalue weighted by molar-refractivity contribution is 5.89. The summed E-state index contributed by atoms with van der Waals surface area (Å²) in [7, 11) is 0. The number of carbonyl (C=O) groups is 1. The first-order chi connectivity index (χ1) is 9.24. The van der Waals surface area contributed by atoms with Crippen LogP contribution in [0.15, 0.2) is 48.7 Å². The van der Waals surface area contributed by atoms with Gasteiger partial charge in [-0.3, -0.25) is 4.79 Å². The van der Waals surface area contributed by atoms with Crippen molar-refractivity contribution in [1.29, 1.82) is 0 Å². The molecule has 1 heterocycles. The molecule has 0 saturated heterocycles. The number of amides is 1. The minimum absolute atomic E-state index is 0.0202. The third-order valence-corrected chi connectivity index (χ3v) is 2.77. The lowest BCUT2D eigenvalue weighted by atomic mass is 10.1. The predicted molar refractivity (Wildman–Crippen MR) is 76.7 cm³/mol. The van der Waals surface area contributed by atoms with Gasteiger partial charge in [0.25, 0.3) is 0 Å². The van der Waals surface area contributed by atoms with Crippen LogP contribution in [0.2, 0.25) is 0 Å². The third kappa shape index (κ3) is 4.43. The molecule has 0 aliphatic rings. The molecule has 98 valence electrons. The molecule has 0 radical (unpaired) electrons. The van der Waals surface area contributed by atoms with Crippen molar-refractivity contribution < 1.29 is 4.79 Å². The number of nitrogen functional groups attached to an aromatic ring is 1. The van der Waals surface area contributed by atoms with E-state index in [0.29, 0.717) is 17.9 Å². The predicted octanol–water partition coefficient (Wildman–Crippen LogP) is 2.63. The second-order valence-corrected chi connectivity index (χ2v) is 4.36. The van der Waals surface area contributed by atoms with E-state index in [1.54, 1.807) is 12.1 Å². The van der Waals surface area contributed by atoms with E-state index >= 15 is 0 Å². The minimum Gasteiger partial charge on any atom is -0.397 e. The number of hydrogen-bond donors (Lipinski definition) is 2. The van der Waals surface area contributed by atoms with Crippen molar-refractivity contribution in [1.82, 2.24) is 4.98 Å². The SMILES string of the molecule is Nc1ccc(NC(=O)CCCc2ccccc2)nc1. The fraction of sp³-hybridized carbons (Fsp3) is 0.200. The molecule has 0 fully saturated rings.